The molecule has 2 rings (SSSR count). The quantitative estimate of drug-likeness (QED) is 0.703. The minimum absolute atomic E-state index is 0.106. The summed E-state index contributed by atoms with van der Waals surface area (Å²) in [7, 11) is -1.97. The van der Waals surface area contributed by atoms with Crippen molar-refractivity contribution >= 4 is 21.6 Å². The van der Waals surface area contributed by atoms with Crippen LogP contribution in [0.5, 0.6) is 0 Å². The van der Waals surface area contributed by atoms with Crippen molar-refractivity contribution in [2.24, 2.45) is 7.05 Å². The highest BCUT2D eigenvalue weighted by atomic mass is 35.5. The van der Waals surface area contributed by atoms with E-state index in [9.17, 15) is 8.42 Å². The molecule has 1 aromatic heterocycles. The number of ether oxygens (including phenoxy) is 1. The van der Waals surface area contributed by atoms with E-state index in [2.05, 4.69) is 14.6 Å². The first-order chi connectivity index (χ1) is 10.5. The van der Waals surface area contributed by atoms with Gasteiger partial charge in [-0.1, -0.05) is 18.0 Å². The van der Waals surface area contributed by atoms with Gasteiger partial charge in [-0.05, 0) is 19.4 Å². The fourth-order valence-electron chi connectivity index (χ4n) is 2.31. The number of nitrogens with zero attached hydrogens (tertiary/aromatic N) is 3. The maximum absolute atomic E-state index is 12.1. The minimum atomic E-state index is -3.62. The van der Waals surface area contributed by atoms with E-state index in [1.54, 1.807) is 7.05 Å². The van der Waals surface area contributed by atoms with Gasteiger partial charge in [0.05, 0.1) is 19.5 Å². The molecular weight excluding hydrogens is 328 g/mol. The number of aryl methyl sites for hydroxylation is 1. The number of morpholine rings is 1. The third-order valence-electron chi connectivity index (χ3n) is 3.64. The lowest BCUT2D eigenvalue weighted by Gasteiger charge is -2.26. The largest absolute Gasteiger partial charge is 0.379 e. The summed E-state index contributed by atoms with van der Waals surface area (Å²) in [5.74, 6) is 0. The van der Waals surface area contributed by atoms with Crippen LogP contribution in [0.3, 0.4) is 0 Å². The normalized spacial score (nSPS) is 17.0. The Hall–Kier alpha value is -0.670. The number of imidazole rings is 1. The van der Waals surface area contributed by atoms with Gasteiger partial charge < -0.3 is 9.30 Å². The summed E-state index contributed by atoms with van der Waals surface area (Å²) >= 11 is 5.91. The summed E-state index contributed by atoms with van der Waals surface area (Å²) in [4.78, 5) is 6.20. The highest BCUT2D eigenvalue weighted by Gasteiger charge is 2.21. The number of unbranched alkanes of at least 4 members (excludes halogenated alkanes) is 2. The van der Waals surface area contributed by atoms with Gasteiger partial charge in [0.25, 0.3) is 10.0 Å². The number of sulfonamides is 1. The van der Waals surface area contributed by atoms with Crippen LogP contribution in [0.1, 0.15) is 19.3 Å². The number of hydrogen-bond acceptors (Lipinski definition) is 5. The molecule has 0 saturated carbocycles. The lowest BCUT2D eigenvalue weighted by molar-refractivity contribution is 0.0371. The van der Waals surface area contributed by atoms with Gasteiger partial charge in [0, 0.05) is 26.7 Å². The molecule has 0 radical (unpaired) electrons. The molecule has 0 amide bonds. The summed E-state index contributed by atoms with van der Waals surface area (Å²) in [6.45, 7) is 5.05. The molecule has 1 saturated heterocycles. The highest BCUT2D eigenvalue weighted by molar-refractivity contribution is 7.89. The van der Waals surface area contributed by atoms with Crippen LogP contribution in [0, 0.1) is 0 Å². The zero-order chi connectivity index (χ0) is 16.0. The minimum Gasteiger partial charge on any atom is -0.379 e. The van der Waals surface area contributed by atoms with Crippen LogP contribution >= 0.6 is 11.6 Å². The van der Waals surface area contributed by atoms with E-state index in [-0.39, 0.29) is 10.2 Å². The van der Waals surface area contributed by atoms with Crippen molar-refractivity contribution in [3.8, 4) is 0 Å². The zero-order valence-electron chi connectivity index (χ0n) is 12.8. The lowest BCUT2D eigenvalue weighted by atomic mass is 10.2. The molecule has 0 atom stereocenters. The molecule has 7 nitrogen and oxygen atoms in total. The smallest absolute Gasteiger partial charge is 0.261 e. The molecular formula is C13H23ClN4O3S. The van der Waals surface area contributed by atoms with Crippen molar-refractivity contribution in [1.82, 2.24) is 19.2 Å². The average molecular weight is 351 g/mol. The second kappa shape index (κ2) is 8.26. The van der Waals surface area contributed by atoms with E-state index in [0.717, 1.165) is 52.1 Å². The van der Waals surface area contributed by atoms with E-state index < -0.39 is 10.0 Å². The maximum Gasteiger partial charge on any atom is 0.261 e. The van der Waals surface area contributed by atoms with Crippen molar-refractivity contribution < 1.29 is 13.2 Å². The molecule has 0 aromatic carbocycles. The topological polar surface area (TPSA) is 76.5 Å². The van der Waals surface area contributed by atoms with Crippen LogP contribution in [0.4, 0.5) is 0 Å². The first kappa shape index (κ1) is 17.7. The van der Waals surface area contributed by atoms with Gasteiger partial charge >= 0.3 is 0 Å². The summed E-state index contributed by atoms with van der Waals surface area (Å²) in [5, 5.41) is 0.0183. The third-order valence-corrected chi connectivity index (χ3v) is 5.59. The van der Waals surface area contributed by atoms with Gasteiger partial charge in [-0.3, -0.25) is 4.90 Å². The molecule has 0 unspecified atom stereocenters. The third kappa shape index (κ3) is 4.92. The van der Waals surface area contributed by atoms with Crippen molar-refractivity contribution in [2.75, 3.05) is 39.4 Å². The summed E-state index contributed by atoms with van der Waals surface area (Å²) in [6.07, 6.45) is 4.23. The van der Waals surface area contributed by atoms with Crippen molar-refractivity contribution in [3.05, 3.63) is 11.5 Å². The Morgan fingerprint density at radius 3 is 2.68 bits per heavy atom. The van der Waals surface area contributed by atoms with Crippen molar-refractivity contribution in [1.29, 1.82) is 0 Å². The molecule has 22 heavy (non-hydrogen) atoms. The Morgan fingerprint density at radius 1 is 1.32 bits per heavy atom. The molecule has 0 spiro atoms. The maximum atomic E-state index is 12.1. The molecule has 1 fully saturated rings. The van der Waals surface area contributed by atoms with E-state index in [1.165, 1.54) is 10.9 Å². The van der Waals surface area contributed by atoms with Gasteiger partial charge in [-0.25, -0.2) is 18.1 Å². The Bertz CT molecular complexity index is 570. The fourth-order valence-corrected chi connectivity index (χ4v) is 3.81. The number of halogens is 1. The van der Waals surface area contributed by atoms with E-state index >= 15 is 0 Å². The Balaban J connectivity index is 1.64. The van der Waals surface area contributed by atoms with Crippen LogP contribution < -0.4 is 4.72 Å². The van der Waals surface area contributed by atoms with Gasteiger partial charge in [0.2, 0.25) is 5.03 Å². The van der Waals surface area contributed by atoms with Crippen molar-refractivity contribution in [3.63, 3.8) is 0 Å². The Morgan fingerprint density at radius 2 is 2.05 bits per heavy atom. The van der Waals surface area contributed by atoms with Crippen molar-refractivity contribution in [2.45, 2.75) is 24.3 Å². The van der Waals surface area contributed by atoms with E-state index in [0.29, 0.717) is 6.54 Å². The average Bonchev–Trinajstić information content (AvgIpc) is 2.84. The van der Waals surface area contributed by atoms with Crippen LogP contribution in [-0.4, -0.2) is 62.3 Å². The number of nitrogens with one attached hydrogen (secondary N) is 1. The first-order valence-electron chi connectivity index (χ1n) is 7.47. The van der Waals surface area contributed by atoms with Crippen LogP contribution in [0.25, 0.3) is 0 Å². The van der Waals surface area contributed by atoms with E-state index in [4.69, 9.17) is 16.3 Å². The monoisotopic (exact) mass is 350 g/mol. The number of hydrogen-bond donors (Lipinski definition) is 1. The first-order valence-corrected chi connectivity index (χ1v) is 9.33. The van der Waals surface area contributed by atoms with Gasteiger partial charge in [0.1, 0.15) is 5.15 Å². The Labute approximate surface area is 136 Å². The van der Waals surface area contributed by atoms with Gasteiger partial charge in [-0.15, -0.1) is 0 Å². The van der Waals surface area contributed by atoms with E-state index in [1.807, 2.05) is 0 Å². The summed E-state index contributed by atoms with van der Waals surface area (Å²) in [6, 6.07) is 0. The molecule has 1 aliphatic rings. The zero-order valence-corrected chi connectivity index (χ0v) is 14.4. The van der Waals surface area contributed by atoms with Gasteiger partial charge in [0.15, 0.2) is 0 Å². The highest BCUT2D eigenvalue weighted by Crippen LogP contribution is 2.18. The summed E-state index contributed by atoms with van der Waals surface area (Å²) < 4.78 is 33.4. The molecule has 1 aromatic rings. The summed E-state index contributed by atoms with van der Waals surface area (Å²) in [5.41, 5.74) is 0. The fraction of sp³-hybridized carbons (Fsp3) is 0.769. The van der Waals surface area contributed by atoms with Gasteiger partial charge in [-0.2, -0.15) is 0 Å². The second-order valence-corrected chi connectivity index (χ2v) is 7.40. The molecule has 0 bridgehead atoms. The van der Waals surface area contributed by atoms with Crippen LogP contribution in [-0.2, 0) is 21.8 Å². The molecule has 126 valence electrons. The molecule has 1 aliphatic heterocycles. The molecule has 1 N–H and O–H groups in total. The molecule has 2 heterocycles. The van der Waals surface area contributed by atoms with Crippen LogP contribution in [0.15, 0.2) is 11.4 Å². The lowest BCUT2D eigenvalue weighted by Crippen LogP contribution is -2.36. The predicted octanol–water partition coefficient (Wildman–Crippen LogP) is 0.854. The van der Waals surface area contributed by atoms with Crippen LogP contribution in [0.2, 0.25) is 5.15 Å². The SMILES string of the molecule is Cn1cnc(S(=O)(=O)NCCCCCN2CCOCC2)c1Cl. The predicted molar refractivity (Wildman–Crippen MR) is 84.5 cm³/mol. The number of aromatic nitrogens is 2. The Kier molecular flexibility index (Phi) is 6.64. The molecule has 9 heteroatoms. The number of rotatable bonds is 8. The second-order valence-electron chi connectivity index (χ2n) is 5.36. The molecule has 0 aliphatic carbocycles. The standard InChI is InChI=1S/C13H23ClN4O3S/c1-17-11-15-13(12(17)14)22(19,20)16-5-3-2-4-6-18-7-9-21-10-8-18/h11,16H,2-10H2,1H3.